The summed E-state index contributed by atoms with van der Waals surface area (Å²) in [5.41, 5.74) is 6.61. The number of para-hydroxylation sites is 1. The minimum absolute atomic E-state index is 0.381. The second-order valence-electron chi connectivity index (χ2n) is 5.49. The summed E-state index contributed by atoms with van der Waals surface area (Å²) in [5, 5.41) is 13.8. The molecule has 0 radical (unpaired) electrons. The molecule has 4 aromatic rings. The normalized spacial score (nSPS) is 11.6. The Morgan fingerprint density at radius 2 is 2.04 bits per heavy atom. The smallest absolute Gasteiger partial charge is 0.265 e. The number of anilines is 1. The third kappa shape index (κ3) is 3.07. The molecule has 2 heterocycles. The molecule has 0 aliphatic heterocycles. The van der Waals surface area contributed by atoms with E-state index in [1.807, 2.05) is 42.5 Å². The van der Waals surface area contributed by atoms with Gasteiger partial charge in [0.1, 0.15) is 5.52 Å². The Morgan fingerprint density at radius 1 is 1.16 bits per heavy atom. The molecule has 2 aromatic carbocycles. The fourth-order valence-electron chi connectivity index (χ4n) is 2.82. The van der Waals surface area contributed by atoms with E-state index in [4.69, 9.17) is 0 Å². The van der Waals surface area contributed by atoms with Gasteiger partial charge in [0.2, 0.25) is 0 Å². The third-order valence-corrected chi connectivity index (χ3v) is 4.59. The molecular weight excluding hydrogens is 427 g/mol. The number of fused-ring (bicyclic) bond motifs is 3. The molecule has 6 nitrogen and oxygen atoms in total. The number of rotatable bonds is 4. The molecular formula is C18H15IN6. The van der Waals surface area contributed by atoms with Crippen LogP contribution in [-0.4, -0.2) is 26.0 Å². The standard InChI is InChI=1S/C18H15IN6/c1-2-25-15-9-4-3-8-14(15)16-17(25)21-18(24-22-16)23-20-11-12-6-5-7-13(19)10-12/h3-11H,2H2,1H3,(H,21,23,24)/b20-11+. The zero-order valence-electron chi connectivity index (χ0n) is 13.5. The molecule has 124 valence electrons. The minimum atomic E-state index is 0.381. The monoisotopic (exact) mass is 442 g/mol. The molecule has 0 bridgehead atoms. The van der Waals surface area contributed by atoms with E-state index in [1.165, 1.54) is 0 Å². The molecule has 0 saturated carbocycles. The highest BCUT2D eigenvalue weighted by atomic mass is 127. The van der Waals surface area contributed by atoms with Crippen molar-refractivity contribution in [3.8, 4) is 0 Å². The maximum atomic E-state index is 4.59. The number of nitrogens with zero attached hydrogens (tertiary/aromatic N) is 5. The van der Waals surface area contributed by atoms with Gasteiger partial charge in [0, 0.05) is 15.5 Å². The number of halogens is 1. The lowest BCUT2D eigenvalue weighted by Gasteiger charge is -2.02. The largest absolute Gasteiger partial charge is 0.324 e. The quantitative estimate of drug-likeness (QED) is 0.294. The molecule has 2 aromatic heterocycles. The van der Waals surface area contributed by atoms with Crippen molar-refractivity contribution in [2.75, 3.05) is 5.43 Å². The first-order chi connectivity index (χ1) is 12.3. The minimum Gasteiger partial charge on any atom is -0.324 e. The summed E-state index contributed by atoms with van der Waals surface area (Å²) in [4.78, 5) is 4.59. The Balaban J connectivity index is 1.68. The highest BCUT2D eigenvalue weighted by Crippen LogP contribution is 2.25. The summed E-state index contributed by atoms with van der Waals surface area (Å²) in [6.07, 6.45) is 1.74. The lowest BCUT2D eigenvalue weighted by molar-refractivity contribution is 0.811. The van der Waals surface area contributed by atoms with Crippen molar-refractivity contribution < 1.29 is 0 Å². The van der Waals surface area contributed by atoms with Gasteiger partial charge in [-0.1, -0.05) is 30.3 Å². The van der Waals surface area contributed by atoms with Crippen molar-refractivity contribution >= 4 is 56.8 Å². The van der Waals surface area contributed by atoms with Crippen LogP contribution in [0.2, 0.25) is 0 Å². The SMILES string of the molecule is CCn1c2ccccc2c2nnc(N/N=C/c3cccc(I)c3)nc21. The second-order valence-corrected chi connectivity index (χ2v) is 6.74. The third-order valence-electron chi connectivity index (χ3n) is 3.92. The van der Waals surface area contributed by atoms with E-state index in [0.29, 0.717) is 5.95 Å². The van der Waals surface area contributed by atoms with Crippen LogP contribution in [0.25, 0.3) is 22.1 Å². The molecule has 25 heavy (non-hydrogen) atoms. The Kier molecular flexibility index (Phi) is 4.31. The van der Waals surface area contributed by atoms with Crippen molar-refractivity contribution in [3.05, 3.63) is 57.7 Å². The van der Waals surface area contributed by atoms with Gasteiger partial charge in [-0.2, -0.15) is 10.1 Å². The van der Waals surface area contributed by atoms with Gasteiger partial charge in [0.25, 0.3) is 5.95 Å². The Hall–Kier alpha value is -2.55. The topological polar surface area (TPSA) is 68.0 Å². The van der Waals surface area contributed by atoms with Crippen LogP contribution < -0.4 is 5.43 Å². The molecule has 0 amide bonds. The van der Waals surface area contributed by atoms with E-state index in [9.17, 15) is 0 Å². The summed E-state index contributed by atoms with van der Waals surface area (Å²) < 4.78 is 3.29. The van der Waals surface area contributed by atoms with Crippen molar-refractivity contribution in [2.45, 2.75) is 13.5 Å². The number of hydrogen-bond donors (Lipinski definition) is 1. The van der Waals surface area contributed by atoms with Crippen LogP contribution in [0.1, 0.15) is 12.5 Å². The van der Waals surface area contributed by atoms with Crippen LogP contribution >= 0.6 is 22.6 Å². The zero-order chi connectivity index (χ0) is 17.2. The summed E-state index contributed by atoms with van der Waals surface area (Å²) in [7, 11) is 0. The number of aryl methyl sites for hydroxylation is 1. The molecule has 1 N–H and O–H groups in total. The van der Waals surface area contributed by atoms with Crippen LogP contribution in [0.15, 0.2) is 53.6 Å². The van der Waals surface area contributed by atoms with E-state index in [0.717, 1.165) is 37.7 Å². The summed E-state index contributed by atoms with van der Waals surface area (Å²) in [6.45, 7) is 2.91. The van der Waals surface area contributed by atoms with Crippen LogP contribution in [0.3, 0.4) is 0 Å². The number of aromatic nitrogens is 4. The van der Waals surface area contributed by atoms with Crippen molar-refractivity contribution in [1.82, 2.24) is 19.7 Å². The zero-order valence-corrected chi connectivity index (χ0v) is 15.7. The first kappa shape index (κ1) is 15.9. The average Bonchev–Trinajstić information content (AvgIpc) is 2.95. The maximum absolute atomic E-state index is 4.59. The predicted molar refractivity (Wildman–Crippen MR) is 109 cm³/mol. The van der Waals surface area contributed by atoms with Gasteiger partial charge in [-0.15, -0.1) is 10.2 Å². The number of hydrazone groups is 1. The molecule has 7 heteroatoms. The van der Waals surface area contributed by atoms with Crippen LogP contribution in [0.4, 0.5) is 5.95 Å². The van der Waals surface area contributed by atoms with Crippen LogP contribution in [-0.2, 0) is 6.54 Å². The lowest BCUT2D eigenvalue weighted by Crippen LogP contribution is -2.02. The van der Waals surface area contributed by atoms with Crippen molar-refractivity contribution in [1.29, 1.82) is 0 Å². The second kappa shape index (κ2) is 6.75. The molecule has 0 aliphatic carbocycles. The maximum Gasteiger partial charge on any atom is 0.265 e. The van der Waals surface area contributed by atoms with E-state index in [2.05, 4.69) is 65.9 Å². The highest BCUT2D eigenvalue weighted by Gasteiger charge is 2.13. The molecule has 0 saturated heterocycles. The van der Waals surface area contributed by atoms with Gasteiger partial charge in [-0.3, -0.25) is 0 Å². The first-order valence-corrected chi connectivity index (χ1v) is 9.00. The van der Waals surface area contributed by atoms with Gasteiger partial charge in [0.05, 0.1) is 11.7 Å². The van der Waals surface area contributed by atoms with Gasteiger partial charge in [-0.05, 0) is 53.3 Å². The van der Waals surface area contributed by atoms with E-state index >= 15 is 0 Å². The fraction of sp³-hybridized carbons (Fsp3) is 0.111. The van der Waals surface area contributed by atoms with Gasteiger partial charge >= 0.3 is 0 Å². The number of hydrogen-bond acceptors (Lipinski definition) is 5. The Labute approximate surface area is 158 Å². The van der Waals surface area contributed by atoms with Gasteiger partial charge < -0.3 is 4.57 Å². The molecule has 0 fully saturated rings. The lowest BCUT2D eigenvalue weighted by atomic mass is 10.2. The van der Waals surface area contributed by atoms with E-state index < -0.39 is 0 Å². The average molecular weight is 442 g/mol. The summed E-state index contributed by atoms with van der Waals surface area (Å²) in [6, 6.07) is 16.2. The van der Waals surface area contributed by atoms with Crippen molar-refractivity contribution in [2.24, 2.45) is 5.10 Å². The summed E-state index contributed by atoms with van der Waals surface area (Å²) >= 11 is 2.27. The van der Waals surface area contributed by atoms with Gasteiger partial charge in [0.15, 0.2) is 5.65 Å². The molecule has 0 spiro atoms. The summed E-state index contributed by atoms with van der Waals surface area (Å²) in [5.74, 6) is 0.381. The molecule has 0 aliphatic rings. The van der Waals surface area contributed by atoms with Crippen molar-refractivity contribution in [3.63, 3.8) is 0 Å². The molecule has 0 atom stereocenters. The Morgan fingerprint density at radius 3 is 2.88 bits per heavy atom. The van der Waals surface area contributed by atoms with Crippen LogP contribution in [0, 0.1) is 3.57 Å². The van der Waals surface area contributed by atoms with E-state index in [1.54, 1.807) is 6.21 Å². The number of nitrogens with one attached hydrogen (secondary N) is 1. The Bertz CT molecular complexity index is 1090. The fourth-order valence-corrected chi connectivity index (χ4v) is 3.39. The predicted octanol–water partition coefficient (Wildman–Crippen LogP) is 4.05. The van der Waals surface area contributed by atoms with Gasteiger partial charge in [-0.25, -0.2) is 5.43 Å². The van der Waals surface area contributed by atoms with E-state index in [-0.39, 0.29) is 0 Å². The van der Waals surface area contributed by atoms with Crippen LogP contribution in [0.5, 0.6) is 0 Å². The first-order valence-electron chi connectivity index (χ1n) is 7.92. The molecule has 0 unspecified atom stereocenters. The number of benzene rings is 2. The molecule has 4 rings (SSSR count). The highest BCUT2D eigenvalue weighted by molar-refractivity contribution is 14.1.